The summed E-state index contributed by atoms with van der Waals surface area (Å²) in [7, 11) is 0. The average molecular weight is 445 g/mol. The summed E-state index contributed by atoms with van der Waals surface area (Å²) in [5.41, 5.74) is 4.62. The molecule has 0 aromatic heterocycles. The molecule has 1 aliphatic rings. The van der Waals surface area contributed by atoms with Gasteiger partial charge in [-0.05, 0) is 30.5 Å². The SMILES string of the molecule is I.NC(=NCc1ccc(F)cc1C(F)(F)F)NC1CCCCC1. The molecular weight excluding hydrogens is 425 g/mol. The van der Waals surface area contributed by atoms with E-state index in [0.717, 1.165) is 37.8 Å². The summed E-state index contributed by atoms with van der Waals surface area (Å²) >= 11 is 0. The summed E-state index contributed by atoms with van der Waals surface area (Å²) in [5.74, 6) is -0.794. The molecule has 0 atom stereocenters. The number of nitrogens with two attached hydrogens (primary N) is 1. The molecule has 1 aliphatic carbocycles. The van der Waals surface area contributed by atoms with E-state index in [0.29, 0.717) is 6.07 Å². The fourth-order valence-corrected chi connectivity index (χ4v) is 2.62. The van der Waals surface area contributed by atoms with Crippen LogP contribution >= 0.6 is 24.0 Å². The van der Waals surface area contributed by atoms with Crippen molar-refractivity contribution in [1.29, 1.82) is 0 Å². The maximum atomic E-state index is 13.0. The van der Waals surface area contributed by atoms with Gasteiger partial charge in [-0.1, -0.05) is 25.3 Å². The van der Waals surface area contributed by atoms with Gasteiger partial charge in [0.05, 0.1) is 12.1 Å². The highest BCUT2D eigenvalue weighted by Crippen LogP contribution is 2.32. The summed E-state index contributed by atoms with van der Waals surface area (Å²) in [4.78, 5) is 3.95. The van der Waals surface area contributed by atoms with Gasteiger partial charge in [0.2, 0.25) is 0 Å². The normalized spacial score (nSPS) is 16.8. The van der Waals surface area contributed by atoms with E-state index in [9.17, 15) is 17.6 Å². The van der Waals surface area contributed by atoms with Crippen LogP contribution in [0.3, 0.4) is 0 Å². The molecule has 0 aliphatic heterocycles. The highest BCUT2D eigenvalue weighted by molar-refractivity contribution is 14.0. The molecule has 1 aromatic rings. The minimum atomic E-state index is -4.61. The maximum Gasteiger partial charge on any atom is 0.416 e. The lowest BCUT2D eigenvalue weighted by atomic mass is 9.96. The van der Waals surface area contributed by atoms with E-state index in [1.807, 2.05) is 0 Å². The van der Waals surface area contributed by atoms with Gasteiger partial charge in [-0.15, -0.1) is 24.0 Å². The van der Waals surface area contributed by atoms with Gasteiger partial charge in [0.1, 0.15) is 5.82 Å². The van der Waals surface area contributed by atoms with Gasteiger partial charge in [0.15, 0.2) is 5.96 Å². The van der Waals surface area contributed by atoms with Crippen molar-refractivity contribution in [2.75, 3.05) is 0 Å². The second-order valence-electron chi connectivity index (χ2n) is 5.48. The number of hydrogen-bond acceptors (Lipinski definition) is 1. The molecule has 0 radical (unpaired) electrons. The Hall–Kier alpha value is -1.06. The van der Waals surface area contributed by atoms with Crippen LogP contribution in [0.1, 0.15) is 43.2 Å². The molecule has 0 spiro atoms. The Morgan fingerprint density at radius 1 is 1.22 bits per heavy atom. The van der Waals surface area contributed by atoms with Crippen LogP contribution in [0.25, 0.3) is 0 Å². The first-order valence-corrected chi connectivity index (χ1v) is 7.28. The molecule has 8 heteroatoms. The van der Waals surface area contributed by atoms with Crippen LogP contribution in [0.15, 0.2) is 23.2 Å². The molecular formula is C15H20F4IN3. The van der Waals surface area contributed by atoms with Gasteiger partial charge in [-0.3, -0.25) is 0 Å². The summed E-state index contributed by atoms with van der Waals surface area (Å²) in [5, 5.41) is 3.03. The largest absolute Gasteiger partial charge is 0.416 e. The van der Waals surface area contributed by atoms with Crippen molar-refractivity contribution in [2.24, 2.45) is 10.7 Å². The molecule has 1 aromatic carbocycles. The average Bonchev–Trinajstić information content (AvgIpc) is 2.46. The lowest BCUT2D eigenvalue weighted by Crippen LogP contribution is -2.41. The number of alkyl halides is 3. The number of hydrogen-bond donors (Lipinski definition) is 2. The van der Waals surface area contributed by atoms with E-state index in [-0.39, 0.29) is 48.1 Å². The zero-order valence-electron chi connectivity index (χ0n) is 12.5. The Kier molecular flexibility index (Phi) is 7.56. The highest BCUT2D eigenvalue weighted by Gasteiger charge is 2.33. The van der Waals surface area contributed by atoms with Crippen LogP contribution in [-0.4, -0.2) is 12.0 Å². The standard InChI is InChI=1S/C15H19F4N3.HI/c16-11-7-6-10(13(8-11)15(17,18)19)9-21-14(20)22-12-4-2-1-3-5-12;/h6-8,12H,1-5,9H2,(H3,20,21,22);1H. The lowest BCUT2D eigenvalue weighted by molar-refractivity contribution is -0.138. The van der Waals surface area contributed by atoms with Crippen molar-refractivity contribution in [1.82, 2.24) is 5.32 Å². The number of rotatable bonds is 3. The Bertz CT molecular complexity index is 540. The molecule has 23 heavy (non-hydrogen) atoms. The van der Waals surface area contributed by atoms with E-state index in [1.165, 1.54) is 6.42 Å². The fraction of sp³-hybridized carbons (Fsp3) is 0.533. The Morgan fingerprint density at radius 2 is 1.87 bits per heavy atom. The van der Waals surface area contributed by atoms with E-state index in [2.05, 4.69) is 10.3 Å². The fourth-order valence-electron chi connectivity index (χ4n) is 2.62. The zero-order chi connectivity index (χ0) is 16.2. The van der Waals surface area contributed by atoms with E-state index >= 15 is 0 Å². The third-order valence-corrected chi connectivity index (χ3v) is 3.75. The topological polar surface area (TPSA) is 50.4 Å². The van der Waals surface area contributed by atoms with Gasteiger partial charge in [0.25, 0.3) is 0 Å². The number of guanidine groups is 1. The molecule has 0 heterocycles. The zero-order valence-corrected chi connectivity index (χ0v) is 14.8. The number of nitrogens with one attached hydrogen (secondary N) is 1. The van der Waals surface area contributed by atoms with Crippen molar-refractivity contribution in [3.05, 3.63) is 35.1 Å². The van der Waals surface area contributed by atoms with E-state index in [1.54, 1.807) is 0 Å². The molecule has 0 bridgehead atoms. The van der Waals surface area contributed by atoms with Crippen LogP contribution < -0.4 is 11.1 Å². The highest BCUT2D eigenvalue weighted by atomic mass is 127. The molecule has 2 rings (SSSR count). The van der Waals surface area contributed by atoms with Gasteiger partial charge in [-0.2, -0.15) is 13.2 Å². The summed E-state index contributed by atoms with van der Waals surface area (Å²) < 4.78 is 51.6. The van der Waals surface area contributed by atoms with Crippen LogP contribution in [0, 0.1) is 5.82 Å². The minimum Gasteiger partial charge on any atom is -0.370 e. The first-order valence-electron chi connectivity index (χ1n) is 7.28. The van der Waals surface area contributed by atoms with Gasteiger partial charge in [0, 0.05) is 6.04 Å². The predicted octanol–water partition coefficient (Wildman–Crippen LogP) is 4.20. The van der Waals surface area contributed by atoms with Crippen molar-refractivity contribution in [2.45, 2.75) is 50.9 Å². The molecule has 3 nitrogen and oxygen atoms in total. The molecule has 0 saturated heterocycles. The van der Waals surface area contributed by atoms with Gasteiger partial charge in [-0.25, -0.2) is 9.38 Å². The molecule has 3 N–H and O–H groups in total. The molecule has 1 fully saturated rings. The summed E-state index contributed by atoms with van der Waals surface area (Å²) in [6, 6.07) is 2.79. The maximum absolute atomic E-state index is 13.0. The second-order valence-corrected chi connectivity index (χ2v) is 5.48. The van der Waals surface area contributed by atoms with Crippen molar-refractivity contribution in [3.8, 4) is 0 Å². The quantitative estimate of drug-likeness (QED) is 0.317. The molecule has 1 saturated carbocycles. The Morgan fingerprint density at radius 3 is 2.48 bits per heavy atom. The van der Waals surface area contributed by atoms with Gasteiger partial charge >= 0.3 is 6.18 Å². The van der Waals surface area contributed by atoms with E-state index in [4.69, 9.17) is 5.73 Å². The van der Waals surface area contributed by atoms with Crippen LogP contribution in [0.5, 0.6) is 0 Å². The van der Waals surface area contributed by atoms with Crippen molar-refractivity contribution >= 4 is 29.9 Å². The summed E-state index contributed by atoms with van der Waals surface area (Å²) in [6.45, 7) is -0.235. The second kappa shape index (κ2) is 8.70. The Balaban J connectivity index is 0.00000264. The number of nitrogens with zero attached hydrogens (tertiary/aromatic N) is 1. The Labute approximate surface area is 149 Å². The molecule has 0 unspecified atom stereocenters. The van der Waals surface area contributed by atoms with Crippen LogP contribution in [-0.2, 0) is 12.7 Å². The van der Waals surface area contributed by atoms with Crippen molar-refractivity contribution in [3.63, 3.8) is 0 Å². The summed E-state index contributed by atoms with van der Waals surface area (Å²) in [6.07, 6.45) is 0.779. The van der Waals surface area contributed by atoms with E-state index < -0.39 is 17.6 Å². The first-order chi connectivity index (χ1) is 10.4. The van der Waals surface area contributed by atoms with Crippen molar-refractivity contribution < 1.29 is 17.6 Å². The monoisotopic (exact) mass is 445 g/mol. The first kappa shape index (κ1) is 20.0. The number of aliphatic imine (C=N–C) groups is 1. The van der Waals surface area contributed by atoms with Crippen LogP contribution in [0.2, 0.25) is 0 Å². The smallest absolute Gasteiger partial charge is 0.370 e. The predicted molar refractivity (Wildman–Crippen MR) is 92.2 cm³/mol. The minimum absolute atomic E-state index is 0. The lowest BCUT2D eigenvalue weighted by Gasteiger charge is -2.23. The third-order valence-electron chi connectivity index (χ3n) is 3.75. The van der Waals surface area contributed by atoms with Gasteiger partial charge < -0.3 is 11.1 Å². The van der Waals surface area contributed by atoms with Crippen LogP contribution in [0.4, 0.5) is 17.6 Å². The third kappa shape index (κ3) is 6.15. The number of benzene rings is 1. The molecule has 130 valence electrons. The molecule has 0 amide bonds. The number of halogens is 5.